The molecular formula is C24H28N4O2. The fraction of sp³-hybridized carbons (Fsp3) is 0.458. The van der Waals surface area contributed by atoms with Gasteiger partial charge in [0.25, 0.3) is 5.56 Å². The second-order valence-electron chi connectivity index (χ2n) is 8.63. The molecule has 0 radical (unpaired) electrons. The summed E-state index contributed by atoms with van der Waals surface area (Å²) in [5.41, 5.74) is 4.81. The predicted octanol–water partition coefficient (Wildman–Crippen LogP) is 4.19. The van der Waals surface area contributed by atoms with Gasteiger partial charge in [0.2, 0.25) is 0 Å². The minimum absolute atomic E-state index is 0.104. The van der Waals surface area contributed by atoms with Crippen LogP contribution in [0.25, 0.3) is 17.0 Å². The molecule has 0 bridgehead atoms. The van der Waals surface area contributed by atoms with E-state index in [-0.39, 0.29) is 5.56 Å². The molecule has 2 aromatic heterocycles. The Bertz CT molecular complexity index is 1170. The van der Waals surface area contributed by atoms with Gasteiger partial charge >= 0.3 is 0 Å². The maximum absolute atomic E-state index is 12.9. The Hall–Kier alpha value is -2.89. The van der Waals surface area contributed by atoms with E-state index in [2.05, 4.69) is 41.4 Å². The third-order valence-corrected chi connectivity index (χ3v) is 6.53. The molecule has 0 saturated carbocycles. The molecule has 1 fully saturated rings. The number of nitrogens with zero attached hydrogens (tertiary/aromatic N) is 4. The van der Waals surface area contributed by atoms with Gasteiger partial charge in [-0.15, -0.1) is 0 Å². The average Bonchev–Trinajstić information content (AvgIpc) is 3.17. The number of piperidine rings is 1. The van der Waals surface area contributed by atoms with Gasteiger partial charge in [-0.25, -0.2) is 4.98 Å². The lowest BCUT2D eigenvalue weighted by Crippen LogP contribution is -2.31. The van der Waals surface area contributed by atoms with E-state index >= 15 is 0 Å². The number of aromatic nitrogens is 3. The van der Waals surface area contributed by atoms with Crippen LogP contribution in [0.2, 0.25) is 0 Å². The maximum Gasteiger partial charge on any atom is 0.261 e. The summed E-state index contributed by atoms with van der Waals surface area (Å²) < 4.78 is 7.43. The fourth-order valence-corrected chi connectivity index (χ4v) is 4.76. The number of aryl methyl sites for hydroxylation is 3. The Labute approximate surface area is 176 Å². The van der Waals surface area contributed by atoms with Gasteiger partial charge < -0.3 is 9.42 Å². The van der Waals surface area contributed by atoms with Gasteiger partial charge in [-0.1, -0.05) is 11.2 Å². The van der Waals surface area contributed by atoms with Crippen molar-refractivity contribution in [2.75, 3.05) is 13.1 Å². The Morgan fingerprint density at radius 2 is 1.97 bits per heavy atom. The van der Waals surface area contributed by atoms with E-state index in [9.17, 15) is 4.79 Å². The molecule has 0 aliphatic carbocycles. The number of benzene rings is 1. The van der Waals surface area contributed by atoms with E-state index in [4.69, 9.17) is 9.51 Å². The second-order valence-corrected chi connectivity index (χ2v) is 8.63. The highest BCUT2D eigenvalue weighted by Crippen LogP contribution is 2.33. The third-order valence-electron chi connectivity index (χ3n) is 6.53. The zero-order valence-corrected chi connectivity index (χ0v) is 17.7. The first-order chi connectivity index (χ1) is 14.6. The molecule has 0 spiro atoms. The molecule has 1 saturated heterocycles. The Balaban J connectivity index is 1.29. The van der Waals surface area contributed by atoms with Crippen LogP contribution in [0.1, 0.15) is 59.9 Å². The zero-order valence-electron chi connectivity index (χ0n) is 17.7. The molecule has 6 nitrogen and oxygen atoms in total. The SMILES string of the molecule is Cc1ccc2c(C3CCN(/C=C/c4c(C)nc5n(c4=O)CCCC5)CC3)noc2c1. The number of likely N-dealkylation sites (tertiary alicyclic amines) is 1. The molecule has 3 aromatic rings. The second kappa shape index (κ2) is 7.74. The zero-order chi connectivity index (χ0) is 20.7. The Kier molecular flexibility index (Phi) is 4.93. The molecular weight excluding hydrogens is 376 g/mol. The van der Waals surface area contributed by atoms with Crippen LogP contribution < -0.4 is 5.56 Å². The molecule has 4 heterocycles. The lowest BCUT2D eigenvalue weighted by Gasteiger charge is -2.30. The Morgan fingerprint density at radius 1 is 1.13 bits per heavy atom. The van der Waals surface area contributed by atoms with Gasteiger partial charge in [0.15, 0.2) is 5.58 Å². The summed E-state index contributed by atoms with van der Waals surface area (Å²) >= 11 is 0. The first kappa shape index (κ1) is 19.1. The molecule has 0 amide bonds. The summed E-state index contributed by atoms with van der Waals surface area (Å²) in [5, 5.41) is 5.52. The molecule has 1 aromatic carbocycles. The smallest absolute Gasteiger partial charge is 0.261 e. The number of hydrogen-bond donors (Lipinski definition) is 0. The highest BCUT2D eigenvalue weighted by atomic mass is 16.5. The lowest BCUT2D eigenvalue weighted by molar-refractivity contribution is 0.279. The molecule has 5 rings (SSSR count). The summed E-state index contributed by atoms with van der Waals surface area (Å²) in [6.45, 7) is 6.69. The van der Waals surface area contributed by atoms with Crippen LogP contribution in [-0.2, 0) is 13.0 Å². The molecule has 30 heavy (non-hydrogen) atoms. The summed E-state index contributed by atoms with van der Waals surface area (Å²) in [5.74, 6) is 1.35. The summed E-state index contributed by atoms with van der Waals surface area (Å²) in [7, 11) is 0. The lowest BCUT2D eigenvalue weighted by atomic mass is 9.91. The van der Waals surface area contributed by atoms with Crippen molar-refractivity contribution in [2.24, 2.45) is 0 Å². The van der Waals surface area contributed by atoms with Gasteiger partial charge in [0, 0.05) is 37.4 Å². The quantitative estimate of drug-likeness (QED) is 0.655. The molecule has 6 heteroatoms. The van der Waals surface area contributed by atoms with E-state index < -0.39 is 0 Å². The van der Waals surface area contributed by atoms with Crippen LogP contribution in [0.5, 0.6) is 0 Å². The highest BCUT2D eigenvalue weighted by molar-refractivity contribution is 5.80. The van der Waals surface area contributed by atoms with E-state index in [0.29, 0.717) is 5.92 Å². The van der Waals surface area contributed by atoms with E-state index in [0.717, 1.165) is 85.5 Å². The van der Waals surface area contributed by atoms with Gasteiger partial charge in [0.1, 0.15) is 5.82 Å². The highest BCUT2D eigenvalue weighted by Gasteiger charge is 2.24. The van der Waals surface area contributed by atoms with Crippen molar-refractivity contribution < 1.29 is 4.52 Å². The molecule has 0 unspecified atom stereocenters. The summed E-state index contributed by atoms with van der Waals surface area (Å²) in [6.07, 6.45) is 9.17. The topological polar surface area (TPSA) is 64.2 Å². The molecule has 0 N–H and O–H groups in total. The first-order valence-corrected chi connectivity index (χ1v) is 11.0. The fourth-order valence-electron chi connectivity index (χ4n) is 4.76. The first-order valence-electron chi connectivity index (χ1n) is 11.0. The molecule has 2 aliphatic rings. The summed E-state index contributed by atoms with van der Waals surface area (Å²) in [4.78, 5) is 19.9. The van der Waals surface area contributed by atoms with E-state index in [1.165, 1.54) is 5.56 Å². The monoisotopic (exact) mass is 404 g/mol. The van der Waals surface area contributed by atoms with Crippen LogP contribution in [0.3, 0.4) is 0 Å². The average molecular weight is 405 g/mol. The normalized spacial score (nSPS) is 17.7. The van der Waals surface area contributed by atoms with E-state index in [1.54, 1.807) is 0 Å². The van der Waals surface area contributed by atoms with Crippen LogP contribution in [0.4, 0.5) is 0 Å². The Morgan fingerprint density at radius 3 is 2.80 bits per heavy atom. The van der Waals surface area contributed by atoms with Crippen molar-refractivity contribution in [1.29, 1.82) is 0 Å². The number of fused-ring (bicyclic) bond motifs is 2. The van der Waals surface area contributed by atoms with Gasteiger partial charge in [0.05, 0.1) is 17.0 Å². The van der Waals surface area contributed by atoms with Crippen molar-refractivity contribution in [3.63, 3.8) is 0 Å². The predicted molar refractivity (Wildman–Crippen MR) is 118 cm³/mol. The number of hydrogen-bond acceptors (Lipinski definition) is 5. The van der Waals surface area contributed by atoms with Crippen LogP contribution >= 0.6 is 0 Å². The van der Waals surface area contributed by atoms with E-state index in [1.807, 2.05) is 17.6 Å². The number of rotatable bonds is 3. The van der Waals surface area contributed by atoms with Crippen molar-refractivity contribution in [3.8, 4) is 0 Å². The summed E-state index contributed by atoms with van der Waals surface area (Å²) in [6, 6.07) is 6.30. The minimum Gasteiger partial charge on any atom is -0.377 e. The van der Waals surface area contributed by atoms with Crippen molar-refractivity contribution in [2.45, 2.75) is 58.4 Å². The maximum atomic E-state index is 12.9. The van der Waals surface area contributed by atoms with Gasteiger partial charge in [-0.2, -0.15) is 0 Å². The van der Waals surface area contributed by atoms with Crippen molar-refractivity contribution in [1.82, 2.24) is 19.6 Å². The van der Waals surface area contributed by atoms with Gasteiger partial charge in [-0.05, 0) is 69.5 Å². The molecule has 156 valence electrons. The van der Waals surface area contributed by atoms with Crippen LogP contribution in [0.15, 0.2) is 33.7 Å². The van der Waals surface area contributed by atoms with Crippen molar-refractivity contribution in [3.05, 3.63) is 63.1 Å². The standard InChI is InChI=1S/C24H28N4O2/c1-16-6-7-20-21(15-16)30-26-23(20)18-8-12-27(13-9-18)14-10-19-17(2)25-22-5-3-4-11-28(22)24(19)29/h6-7,10,14-15,18H,3-5,8-9,11-13H2,1-2H3/b14-10+. The third kappa shape index (κ3) is 3.44. The van der Waals surface area contributed by atoms with Gasteiger partial charge in [-0.3, -0.25) is 9.36 Å². The molecule has 2 aliphatic heterocycles. The van der Waals surface area contributed by atoms with Crippen LogP contribution in [-0.4, -0.2) is 32.7 Å². The van der Waals surface area contributed by atoms with Crippen LogP contribution in [0, 0.1) is 13.8 Å². The van der Waals surface area contributed by atoms with Crippen molar-refractivity contribution >= 4 is 17.0 Å². The largest absolute Gasteiger partial charge is 0.377 e. The molecule has 0 atom stereocenters. The minimum atomic E-state index is 0.104.